The highest BCUT2D eigenvalue weighted by Crippen LogP contribution is 2.37. The van der Waals surface area contributed by atoms with Gasteiger partial charge in [0, 0.05) is 12.1 Å². The number of benzene rings is 2. The predicted octanol–water partition coefficient (Wildman–Crippen LogP) is 3.10. The van der Waals surface area contributed by atoms with Gasteiger partial charge in [-0.2, -0.15) is 0 Å². The molecule has 2 aromatic rings. The molecule has 1 aliphatic rings. The SMILES string of the molecule is CCOC(=O)C[C@@H]1C(=O)N(S(=O)(=O)c2ccc(OC)cc2)C=C[C@H]1c1ccc(OC)cc1. The molecule has 2 aromatic carbocycles. The summed E-state index contributed by atoms with van der Waals surface area (Å²) in [5.74, 6) is -1.58. The van der Waals surface area contributed by atoms with Crippen LogP contribution in [0.15, 0.2) is 65.7 Å². The predicted molar refractivity (Wildman–Crippen MR) is 117 cm³/mol. The Morgan fingerprint density at radius 3 is 2.06 bits per heavy atom. The van der Waals surface area contributed by atoms with E-state index in [1.807, 2.05) is 0 Å². The summed E-state index contributed by atoms with van der Waals surface area (Å²) in [6.07, 6.45) is 2.62. The number of methoxy groups -OCH3 is 2. The summed E-state index contributed by atoms with van der Waals surface area (Å²) in [6.45, 7) is 1.83. The van der Waals surface area contributed by atoms with Gasteiger partial charge in [0.1, 0.15) is 11.5 Å². The van der Waals surface area contributed by atoms with Crippen LogP contribution in [0.25, 0.3) is 0 Å². The molecule has 9 heteroatoms. The van der Waals surface area contributed by atoms with E-state index in [0.29, 0.717) is 15.8 Å². The zero-order valence-electron chi connectivity index (χ0n) is 18.1. The van der Waals surface area contributed by atoms with Gasteiger partial charge in [-0.25, -0.2) is 12.7 Å². The molecule has 32 heavy (non-hydrogen) atoms. The molecule has 0 bridgehead atoms. The van der Waals surface area contributed by atoms with E-state index in [0.717, 1.165) is 5.56 Å². The van der Waals surface area contributed by atoms with Crippen molar-refractivity contribution < 1.29 is 32.2 Å². The van der Waals surface area contributed by atoms with Gasteiger partial charge in [0.25, 0.3) is 10.0 Å². The summed E-state index contributed by atoms with van der Waals surface area (Å²) in [5.41, 5.74) is 0.756. The second kappa shape index (κ2) is 9.86. The topological polar surface area (TPSA) is 99.2 Å². The van der Waals surface area contributed by atoms with E-state index in [4.69, 9.17) is 14.2 Å². The van der Waals surface area contributed by atoms with E-state index >= 15 is 0 Å². The maximum Gasteiger partial charge on any atom is 0.306 e. The van der Waals surface area contributed by atoms with Crippen LogP contribution >= 0.6 is 0 Å². The Labute approximate surface area is 187 Å². The summed E-state index contributed by atoms with van der Waals surface area (Å²) in [7, 11) is -1.15. The van der Waals surface area contributed by atoms with E-state index in [-0.39, 0.29) is 17.9 Å². The fourth-order valence-corrected chi connectivity index (χ4v) is 4.85. The minimum Gasteiger partial charge on any atom is -0.497 e. The molecule has 0 fully saturated rings. The van der Waals surface area contributed by atoms with Crippen molar-refractivity contribution >= 4 is 21.9 Å². The fourth-order valence-electron chi connectivity index (χ4n) is 3.54. The van der Waals surface area contributed by atoms with Crippen molar-refractivity contribution in [2.45, 2.75) is 24.2 Å². The van der Waals surface area contributed by atoms with Crippen LogP contribution in [0.1, 0.15) is 24.8 Å². The zero-order valence-corrected chi connectivity index (χ0v) is 18.9. The van der Waals surface area contributed by atoms with Gasteiger partial charge in [-0.3, -0.25) is 9.59 Å². The van der Waals surface area contributed by atoms with Crippen LogP contribution in [0, 0.1) is 5.92 Å². The summed E-state index contributed by atoms with van der Waals surface area (Å²) in [6, 6.07) is 12.8. The third kappa shape index (κ3) is 4.77. The molecule has 0 saturated heterocycles. The van der Waals surface area contributed by atoms with E-state index in [9.17, 15) is 18.0 Å². The first kappa shape index (κ1) is 23.3. The molecule has 8 nitrogen and oxygen atoms in total. The number of esters is 1. The van der Waals surface area contributed by atoms with Crippen molar-refractivity contribution in [2.24, 2.45) is 5.92 Å². The molecule has 0 saturated carbocycles. The van der Waals surface area contributed by atoms with Gasteiger partial charge >= 0.3 is 5.97 Å². The molecular weight excluding hydrogens is 434 g/mol. The molecule has 1 amide bonds. The molecule has 170 valence electrons. The smallest absolute Gasteiger partial charge is 0.306 e. The lowest BCUT2D eigenvalue weighted by molar-refractivity contribution is -0.147. The van der Waals surface area contributed by atoms with Gasteiger partial charge in [-0.1, -0.05) is 18.2 Å². The monoisotopic (exact) mass is 459 g/mol. The Morgan fingerprint density at radius 2 is 1.53 bits per heavy atom. The largest absolute Gasteiger partial charge is 0.497 e. The number of carbonyl (C=O) groups excluding carboxylic acids is 2. The van der Waals surface area contributed by atoms with Gasteiger partial charge in [0.05, 0.1) is 38.1 Å². The van der Waals surface area contributed by atoms with E-state index < -0.39 is 33.7 Å². The molecule has 0 unspecified atom stereocenters. The first-order chi connectivity index (χ1) is 15.3. The van der Waals surface area contributed by atoms with Crippen molar-refractivity contribution in [3.63, 3.8) is 0 Å². The molecule has 2 atom stereocenters. The summed E-state index contributed by atoms with van der Waals surface area (Å²) >= 11 is 0. The molecule has 1 aliphatic heterocycles. The standard InChI is InChI=1S/C23H25NO7S/c1-4-31-22(25)15-21-20(16-5-7-17(29-2)8-6-16)13-14-24(23(21)26)32(27,28)19-11-9-18(30-3)10-12-19/h5-14,20-21H,4,15H2,1-3H3/t20-,21-/m0/s1. The third-order valence-electron chi connectivity index (χ3n) is 5.21. The number of rotatable bonds is 8. The van der Waals surface area contributed by atoms with Crippen LogP contribution in [0.5, 0.6) is 11.5 Å². The Balaban J connectivity index is 1.98. The number of hydrogen-bond acceptors (Lipinski definition) is 7. The minimum atomic E-state index is -4.16. The molecule has 1 heterocycles. The zero-order chi connectivity index (χ0) is 23.3. The van der Waals surface area contributed by atoms with Crippen LogP contribution in [0.2, 0.25) is 0 Å². The number of amides is 1. The normalized spacial score (nSPS) is 18.3. The third-order valence-corrected chi connectivity index (χ3v) is 6.89. The molecule has 0 radical (unpaired) electrons. The molecule has 0 N–H and O–H groups in total. The van der Waals surface area contributed by atoms with E-state index in [1.165, 1.54) is 37.6 Å². The summed E-state index contributed by atoms with van der Waals surface area (Å²) < 4.78 is 42.3. The van der Waals surface area contributed by atoms with Gasteiger partial charge in [-0.15, -0.1) is 0 Å². The number of hydrogen-bond donors (Lipinski definition) is 0. The Bertz CT molecular complexity index is 1090. The first-order valence-corrected chi connectivity index (χ1v) is 11.5. The van der Waals surface area contributed by atoms with Crippen LogP contribution < -0.4 is 9.47 Å². The molecule has 0 aromatic heterocycles. The lowest BCUT2D eigenvalue weighted by Crippen LogP contribution is -2.42. The molecule has 0 spiro atoms. The average Bonchev–Trinajstić information content (AvgIpc) is 2.80. The van der Waals surface area contributed by atoms with Crippen LogP contribution in [-0.4, -0.2) is 45.4 Å². The highest BCUT2D eigenvalue weighted by molar-refractivity contribution is 7.89. The second-order valence-electron chi connectivity index (χ2n) is 7.07. The van der Waals surface area contributed by atoms with Crippen molar-refractivity contribution in [1.29, 1.82) is 0 Å². The van der Waals surface area contributed by atoms with Gasteiger partial charge < -0.3 is 14.2 Å². The van der Waals surface area contributed by atoms with E-state index in [2.05, 4.69) is 0 Å². The Morgan fingerprint density at radius 1 is 0.969 bits per heavy atom. The average molecular weight is 460 g/mol. The van der Waals surface area contributed by atoms with Gasteiger partial charge in [-0.05, 0) is 48.9 Å². The van der Waals surface area contributed by atoms with Crippen molar-refractivity contribution in [1.82, 2.24) is 4.31 Å². The quantitative estimate of drug-likeness (QED) is 0.559. The maximum atomic E-state index is 13.4. The molecule has 0 aliphatic carbocycles. The van der Waals surface area contributed by atoms with Crippen LogP contribution in [0.3, 0.4) is 0 Å². The van der Waals surface area contributed by atoms with E-state index in [1.54, 1.807) is 44.4 Å². The lowest BCUT2D eigenvalue weighted by Gasteiger charge is -2.32. The van der Waals surface area contributed by atoms with Crippen molar-refractivity contribution in [2.75, 3.05) is 20.8 Å². The first-order valence-electron chi connectivity index (χ1n) is 10.0. The van der Waals surface area contributed by atoms with Gasteiger partial charge in [0.15, 0.2) is 0 Å². The number of nitrogens with zero attached hydrogens (tertiary/aromatic N) is 1. The highest BCUT2D eigenvalue weighted by Gasteiger charge is 2.41. The molecular formula is C23H25NO7S. The highest BCUT2D eigenvalue weighted by atomic mass is 32.2. The minimum absolute atomic E-state index is 0.0610. The fraction of sp³-hybridized carbons (Fsp3) is 0.304. The van der Waals surface area contributed by atoms with Gasteiger partial charge in [0.2, 0.25) is 5.91 Å². The number of sulfonamides is 1. The Kier molecular flexibility index (Phi) is 7.19. The molecule has 3 rings (SSSR count). The second-order valence-corrected chi connectivity index (χ2v) is 8.89. The maximum absolute atomic E-state index is 13.4. The van der Waals surface area contributed by atoms with Crippen molar-refractivity contribution in [3.05, 3.63) is 66.4 Å². The van der Waals surface area contributed by atoms with Crippen LogP contribution in [0.4, 0.5) is 0 Å². The lowest BCUT2D eigenvalue weighted by atomic mass is 9.81. The number of ether oxygens (including phenoxy) is 3. The summed E-state index contributed by atoms with van der Waals surface area (Å²) in [4.78, 5) is 25.5. The Hall–Kier alpha value is -3.33. The summed E-state index contributed by atoms with van der Waals surface area (Å²) in [5, 5.41) is 0. The number of carbonyl (C=O) groups is 2. The van der Waals surface area contributed by atoms with Crippen LogP contribution in [-0.2, 0) is 24.3 Å². The number of allylic oxidation sites excluding steroid dienone is 1. The van der Waals surface area contributed by atoms with Crippen molar-refractivity contribution in [3.8, 4) is 11.5 Å².